The monoisotopic (exact) mass is 198 g/mol. The van der Waals surface area contributed by atoms with Crippen LogP contribution >= 0.6 is 0 Å². The molecule has 80 valence electrons. The zero-order chi connectivity index (χ0) is 10.2. The van der Waals surface area contributed by atoms with E-state index in [4.69, 9.17) is 14.7 Å². The van der Waals surface area contributed by atoms with Gasteiger partial charge in [0.1, 0.15) is 0 Å². The third-order valence-electron chi connectivity index (χ3n) is 2.35. The average Bonchev–Trinajstić information content (AvgIpc) is 2.25. The van der Waals surface area contributed by atoms with Crippen LogP contribution in [0.1, 0.15) is 19.8 Å². The maximum Gasteiger partial charge on any atom is 0.0933 e. The van der Waals surface area contributed by atoms with Crippen LogP contribution in [-0.4, -0.2) is 38.5 Å². The molecule has 0 aliphatic carbocycles. The van der Waals surface area contributed by atoms with E-state index in [0.717, 1.165) is 13.0 Å². The van der Waals surface area contributed by atoms with Gasteiger partial charge in [0.25, 0.3) is 0 Å². The summed E-state index contributed by atoms with van der Waals surface area (Å²) >= 11 is 0. The first-order valence-corrected chi connectivity index (χ1v) is 5.16. The molecule has 0 saturated carbocycles. The first kappa shape index (κ1) is 11.4. The van der Waals surface area contributed by atoms with E-state index in [1.807, 2.05) is 0 Å². The van der Waals surface area contributed by atoms with Crippen molar-refractivity contribution in [2.45, 2.75) is 31.9 Å². The highest BCUT2D eigenvalue weighted by Gasteiger charge is 2.15. The Bertz CT molecular complexity index is 185. The van der Waals surface area contributed by atoms with Crippen LogP contribution in [0.25, 0.3) is 0 Å². The maximum atomic E-state index is 8.56. The number of nitriles is 1. The van der Waals surface area contributed by atoms with Crippen LogP contribution in [-0.2, 0) is 9.47 Å². The van der Waals surface area contributed by atoms with Crippen molar-refractivity contribution in [2.75, 3.05) is 26.4 Å². The lowest BCUT2D eigenvalue weighted by molar-refractivity contribution is -0.0870. The smallest absolute Gasteiger partial charge is 0.0933 e. The molecule has 1 aliphatic heterocycles. The van der Waals surface area contributed by atoms with Crippen LogP contribution in [0.15, 0.2) is 0 Å². The summed E-state index contributed by atoms with van der Waals surface area (Å²) < 4.78 is 10.8. The Balaban J connectivity index is 2.14. The van der Waals surface area contributed by atoms with Crippen LogP contribution < -0.4 is 5.32 Å². The third kappa shape index (κ3) is 4.05. The van der Waals surface area contributed by atoms with Gasteiger partial charge in [-0.25, -0.2) is 0 Å². The lowest BCUT2D eigenvalue weighted by Gasteiger charge is -2.25. The zero-order valence-electron chi connectivity index (χ0n) is 8.66. The number of hydrogen-bond donors (Lipinski definition) is 1. The molecule has 1 aliphatic rings. The van der Waals surface area contributed by atoms with Crippen molar-refractivity contribution in [1.82, 2.24) is 5.32 Å². The van der Waals surface area contributed by atoms with E-state index in [0.29, 0.717) is 26.2 Å². The van der Waals surface area contributed by atoms with E-state index in [-0.39, 0.29) is 12.1 Å². The summed E-state index contributed by atoms with van der Waals surface area (Å²) in [5, 5.41) is 11.9. The van der Waals surface area contributed by atoms with Gasteiger partial charge in [0, 0.05) is 12.6 Å². The highest BCUT2D eigenvalue weighted by Crippen LogP contribution is 2.01. The van der Waals surface area contributed by atoms with Gasteiger partial charge in [0.2, 0.25) is 0 Å². The highest BCUT2D eigenvalue weighted by atomic mass is 16.6. The number of nitrogens with one attached hydrogen (secondary N) is 1. The molecule has 0 amide bonds. The molecule has 2 unspecified atom stereocenters. The number of rotatable bonds is 5. The van der Waals surface area contributed by atoms with E-state index in [1.54, 1.807) is 0 Å². The Labute approximate surface area is 85.2 Å². The molecular weight excluding hydrogens is 180 g/mol. The molecule has 0 bridgehead atoms. The lowest BCUT2D eigenvalue weighted by atomic mass is 10.1. The predicted molar refractivity (Wildman–Crippen MR) is 52.9 cm³/mol. The predicted octanol–water partition coefficient (Wildman–Crippen LogP) is 0.684. The van der Waals surface area contributed by atoms with Gasteiger partial charge in [-0.2, -0.15) is 5.26 Å². The highest BCUT2D eigenvalue weighted by molar-refractivity contribution is 4.80. The maximum absolute atomic E-state index is 8.56. The topological polar surface area (TPSA) is 54.3 Å². The van der Waals surface area contributed by atoms with Gasteiger partial charge in [-0.15, -0.1) is 0 Å². The minimum Gasteiger partial charge on any atom is -0.376 e. The molecule has 1 rings (SSSR count). The molecule has 14 heavy (non-hydrogen) atoms. The molecule has 2 atom stereocenters. The first-order chi connectivity index (χ1) is 6.86. The number of ether oxygens (including phenoxy) is 2. The molecular formula is C10H18N2O2. The van der Waals surface area contributed by atoms with Crippen LogP contribution in [0.5, 0.6) is 0 Å². The van der Waals surface area contributed by atoms with Gasteiger partial charge in [0.15, 0.2) is 0 Å². The van der Waals surface area contributed by atoms with Gasteiger partial charge < -0.3 is 14.8 Å². The van der Waals surface area contributed by atoms with Crippen molar-refractivity contribution in [3.05, 3.63) is 0 Å². The fourth-order valence-corrected chi connectivity index (χ4v) is 1.42. The van der Waals surface area contributed by atoms with Crippen LogP contribution in [0.4, 0.5) is 0 Å². The van der Waals surface area contributed by atoms with Gasteiger partial charge in [-0.1, -0.05) is 6.92 Å². The van der Waals surface area contributed by atoms with Gasteiger partial charge >= 0.3 is 0 Å². The Morgan fingerprint density at radius 1 is 1.57 bits per heavy atom. The Morgan fingerprint density at radius 3 is 3.00 bits per heavy atom. The third-order valence-corrected chi connectivity index (χ3v) is 2.35. The molecule has 1 heterocycles. The van der Waals surface area contributed by atoms with Crippen molar-refractivity contribution >= 4 is 0 Å². The molecule has 0 aromatic carbocycles. The molecule has 1 N–H and O–H groups in total. The molecule has 4 heteroatoms. The Hall–Kier alpha value is -0.630. The van der Waals surface area contributed by atoms with E-state index >= 15 is 0 Å². The van der Waals surface area contributed by atoms with E-state index < -0.39 is 0 Å². The fourth-order valence-electron chi connectivity index (χ4n) is 1.42. The van der Waals surface area contributed by atoms with Crippen molar-refractivity contribution in [2.24, 2.45) is 0 Å². The molecule has 1 saturated heterocycles. The zero-order valence-corrected chi connectivity index (χ0v) is 8.66. The summed E-state index contributed by atoms with van der Waals surface area (Å²) in [6, 6.07) is 2.45. The standard InChI is InChI=1S/C10H18N2O2/c1-2-9(3-4-11)12-7-10-8-13-5-6-14-10/h9-10,12H,2-3,5-8H2,1H3. The van der Waals surface area contributed by atoms with E-state index in [9.17, 15) is 0 Å². The quantitative estimate of drug-likeness (QED) is 0.706. The van der Waals surface area contributed by atoms with Crippen LogP contribution in [0.2, 0.25) is 0 Å². The summed E-state index contributed by atoms with van der Waals surface area (Å²) in [5.41, 5.74) is 0. The average molecular weight is 198 g/mol. The SMILES string of the molecule is CCC(CC#N)NCC1COCCO1. The second-order valence-corrected chi connectivity index (χ2v) is 3.44. The molecule has 0 radical (unpaired) electrons. The molecule has 1 fully saturated rings. The van der Waals surface area contributed by atoms with Gasteiger partial charge in [-0.05, 0) is 6.42 Å². The summed E-state index contributed by atoms with van der Waals surface area (Å²) in [5.74, 6) is 0. The van der Waals surface area contributed by atoms with Gasteiger partial charge in [-0.3, -0.25) is 0 Å². The molecule has 0 aromatic rings. The van der Waals surface area contributed by atoms with Crippen molar-refractivity contribution in [1.29, 1.82) is 5.26 Å². The largest absolute Gasteiger partial charge is 0.376 e. The van der Waals surface area contributed by atoms with Gasteiger partial charge in [0.05, 0.1) is 38.4 Å². The van der Waals surface area contributed by atoms with Crippen molar-refractivity contribution in [3.63, 3.8) is 0 Å². The fraction of sp³-hybridized carbons (Fsp3) is 0.900. The summed E-state index contributed by atoms with van der Waals surface area (Å²) in [4.78, 5) is 0. The summed E-state index contributed by atoms with van der Waals surface area (Å²) in [6.45, 7) is 4.90. The second-order valence-electron chi connectivity index (χ2n) is 3.44. The lowest BCUT2D eigenvalue weighted by Crippen LogP contribution is -2.41. The second kappa shape index (κ2) is 6.77. The van der Waals surface area contributed by atoms with Crippen LogP contribution in [0, 0.1) is 11.3 Å². The minimum atomic E-state index is 0.150. The minimum absolute atomic E-state index is 0.150. The normalized spacial score (nSPS) is 24.1. The Morgan fingerprint density at radius 2 is 2.43 bits per heavy atom. The molecule has 4 nitrogen and oxygen atoms in total. The van der Waals surface area contributed by atoms with E-state index in [2.05, 4.69) is 18.3 Å². The van der Waals surface area contributed by atoms with Crippen molar-refractivity contribution in [3.8, 4) is 6.07 Å². The Kier molecular flexibility index (Phi) is 5.53. The summed E-state index contributed by atoms with van der Waals surface area (Å²) in [6.07, 6.45) is 1.68. The van der Waals surface area contributed by atoms with Crippen LogP contribution in [0.3, 0.4) is 0 Å². The number of hydrogen-bond acceptors (Lipinski definition) is 4. The first-order valence-electron chi connectivity index (χ1n) is 5.16. The molecule has 0 spiro atoms. The summed E-state index contributed by atoms with van der Waals surface area (Å²) in [7, 11) is 0. The number of nitrogens with zero attached hydrogens (tertiary/aromatic N) is 1. The van der Waals surface area contributed by atoms with E-state index in [1.165, 1.54) is 0 Å². The molecule has 0 aromatic heterocycles. The van der Waals surface area contributed by atoms with Crippen molar-refractivity contribution < 1.29 is 9.47 Å².